The highest BCUT2D eigenvalue weighted by molar-refractivity contribution is 9.10. The highest BCUT2D eigenvalue weighted by atomic mass is 79.9. The van der Waals surface area contributed by atoms with Crippen molar-refractivity contribution in [3.05, 3.63) is 28.7 Å². The van der Waals surface area contributed by atoms with E-state index in [2.05, 4.69) is 50.0 Å². The second kappa shape index (κ2) is 6.16. The Morgan fingerprint density at radius 1 is 0.955 bits per heavy atom. The third-order valence-corrected chi connectivity index (χ3v) is 6.94. The van der Waals surface area contributed by atoms with Crippen LogP contribution in [0.4, 0.5) is 5.69 Å². The summed E-state index contributed by atoms with van der Waals surface area (Å²) in [5.74, 6) is 0. The van der Waals surface area contributed by atoms with Crippen LogP contribution in [0.5, 0.6) is 0 Å². The molecule has 1 aromatic rings. The Morgan fingerprint density at radius 2 is 1.64 bits per heavy atom. The van der Waals surface area contributed by atoms with Gasteiger partial charge in [0.1, 0.15) is 0 Å². The van der Waals surface area contributed by atoms with Crippen LogP contribution in [0.3, 0.4) is 0 Å². The Morgan fingerprint density at radius 3 is 2.23 bits per heavy atom. The predicted octanol–water partition coefficient (Wildman–Crippen LogP) is 4.68. The third-order valence-electron chi connectivity index (χ3n) is 6.45. The molecular formula is C19H27BrN2. The molecule has 2 heterocycles. The van der Waals surface area contributed by atoms with E-state index in [1.165, 1.54) is 81.3 Å². The summed E-state index contributed by atoms with van der Waals surface area (Å²) in [5, 5.41) is 0. The predicted molar refractivity (Wildman–Crippen MR) is 96.5 cm³/mol. The van der Waals surface area contributed by atoms with Crippen LogP contribution in [0.15, 0.2) is 28.7 Å². The molecular weight excluding hydrogens is 336 g/mol. The van der Waals surface area contributed by atoms with Gasteiger partial charge in [0.05, 0.1) is 0 Å². The van der Waals surface area contributed by atoms with Crippen molar-refractivity contribution in [1.29, 1.82) is 0 Å². The zero-order valence-electron chi connectivity index (χ0n) is 13.4. The minimum Gasteiger partial charge on any atom is -0.371 e. The molecule has 0 N–H and O–H groups in total. The molecule has 0 aromatic heterocycles. The highest BCUT2D eigenvalue weighted by Crippen LogP contribution is 2.43. The molecule has 2 aliphatic heterocycles. The minimum atomic E-state index is 0.656. The molecule has 3 fully saturated rings. The minimum absolute atomic E-state index is 0.656. The maximum atomic E-state index is 3.60. The lowest BCUT2D eigenvalue weighted by atomic mass is 9.70. The number of piperidine rings is 2. The molecule has 1 aliphatic carbocycles. The monoisotopic (exact) mass is 362 g/mol. The van der Waals surface area contributed by atoms with Gasteiger partial charge in [-0.2, -0.15) is 0 Å². The largest absolute Gasteiger partial charge is 0.371 e. The van der Waals surface area contributed by atoms with Crippen molar-refractivity contribution < 1.29 is 0 Å². The molecule has 0 atom stereocenters. The molecule has 1 aromatic carbocycles. The first-order valence-corrected chi connectivity index (χ1v) is 9.78. The number of likely N-dealkylation sites (tertiary alicyclic amines) is 1. The van der Waals surface area contributed by atoms with E-state index in [0.717, 1.165) is 6.04 Å². The van der Waals surface area contributed by atoms with Gasteiger partial charge in [0.2, 0.25) is 0 Å². The lowest BCUT2D eigenvalue weighted by Crippen LogP contribution is -2.50. The van der Waals surface area contributed by atoms with Gasteiger partial charge in [0.25, 0.3) is 0 Å². The molecule has 22 heavy (non-hydrogen) atoms. The maximum Gasteiger partial charge on any atom is 0.0377 e. The summed E-state index contributed by atoms with van der Waals surface area (Å²) in [6.45, 7) is 5.20. The molecule has 3 heteroatoms. The average Bonchev–Trinajstić information content (AvgIpc) is 2.49. The van der Waals surface area contributed by atoms with E-state index in [9.17, 15) is 0 Å². The number of nitrogens with zero attached hydrogens (tertiary/aromatic N) is 2. The molecule has 1 saturated carbocycles. The van der Waals surface area contributed by atoms with Crippen molar-refractivity contribution in [2.24, 2.45) is 5.41 Å². The summed E-state index contributed by atoms with van der Waals surface area (Å²) in [7, 11) is 0. The first-order valence-electron chi connectivity index (χ1n) is 8.99. The van der Waals surface area contributed by atoms with Crippen molar-refractivity contribution in [1.82, 2.24) is 4.90 Å². The Kier molecular flexibility index (Phi) is 4.21. The fourth-order valence-electron chi connectivity index (χ4n) is 4.53. The zero-order chi connectivity index (χ0) is 15.0. The second-order valence-electron chi connectivity index (χ2n) is 7.59. The van der Waals surface area contributed by atoms with Crippen LogP contribution >= 0.6 is 15.9 Å². The molecule has 120 valence electrons. The summed E-state index contributed by atoms with van der Waals surface area (Å²) in [4.78, 5) is 5.36. The zero-order valence-corrected chi connectivity index (χ0v) is 15.0. The number of anilines is 1. The summed E-state index contributed by atoms with van der Waals surface area (Å²) in [6, 6.07) is 9.73. The maximum absolute atomic E-state index is 3.60. The Hall–Kier alpha value is -0.540. The van der Waals surface area contributed by atoms with Gasteiger partial charge < -0.3 is 9.80 Å². The molecule has 0 bridgehead atoms. The van der Waals surface area contributed by atoms with Crippen LogP contribution in [-0.4, -0.2) is 37.1 Å². The molecule has 4 rings (SSSR count). The van der Waals surface area contributed by atoms with E-state index in [4.69, 9.17) is 0 Å². The van der Waals surface area contributed by atoms with Crippen molar-refractivity contribution in [2.45, 2.75) is 51.0 Å². The summed E-state index contributed by atoms with van der Waals surface area (Å²) in [5.41, 5.74) is 2.04. The van der Waals surface area contributed by atoms with Crippen molar-refractivity contribution >= 4 is 21.6 Å². The van der Waals surface area contributed by atoms with Crippen LogP contribution in [0, 0.1) is 5.41 Å². The van der Waals surface area contributed by atoms with Crippen molar-refractivity contribution in [2.75, 3.05) is 31.1 Å². The second-order valence-corrected chi connectivity index (χ2v) is 8.50. The van der Waals surface area contributed by atoms with Gasteiger partial charge >= 0.3 is 0 Å². The Balaban J connectivity index is 1.34. The van der Waals surface area contributed by atoms with Gasteiger partial charge in [-0.05, 0) is 75.2 Å². The fourth-order valence-corrected chi connectivity index (χ4v) is 4.91. The quantitative estimate of drug-likeness (QED) is 0.753. The van der Waals surface area contributed by atoms with Crippen molar-refractivity contribution in [3.63, 3.8) is 0 Å². The van der Waals surface area contributed by atoms with Gasteiger partial charge in [-0.25, -0.2) is 0 Å². The first kappa shape index (κ1) is 15.0. The average molecular weight is 363 g/mol. The van der Waals surface area contributed by atoms with Crippen LogP contribution in [-0.2, 0) is 0 Å². The fraction of sp³-hybridized carbons (Fsp3) is 0.684. The topological polar surface area (TPSA) is 6.48 Å². The third kappa shape index (κ3) is 2.94. The van der Waals surface area contributed by atoms with E-state index in [1.807, 2.05) is 0 Å². The number of hydrogen-bond donors (Lipinski definition) is 0. The SMILES string of the molecule is Brc1cccc(N2CCC3(CC2)CCN(C2CCC2)CC3)c1. The summed E-state index contributed by atoms with van der Waals surface area (Å²) >= 11 is 3.60. The molecule has 3 aliphatic rings. The van der Waals surface area contributed by atoms with Crippen LogP contribution in [0.25, 0.3) is 0 Å². The number of hydrogen-bond acceptors (Lipinski definition) is 2. The van der Waals surface area contributed by atoms with E-state index < -0.39 is 0 Å². The highest BCUT2D eigenvalue weighted by Gasteiger charge is 2.39. The van der Waals surface area contributed by atoms with Crippen LogP contribution in [0.2, 0.25) is 0 Å². The number of rotatable bonds is 2. The molecule has 0 amide bonds. The smallest absolute Gasteiger partial charge is 0.0377 e. The van der Waals surface area contributed by atoms with Gasteiger partial charge in [-0.3, -0.25) is 0 Å². The lowest BCUT2D eigenvalue weighted by Gasteiger charge is -2.50. The molecule has 2 nitrogen and oxygen atoms in total. The Bertz CT molecular complexity index is 508. The van der Waals surface area contributed by atoms with E-state index >= 15 is 0 Å². The molecule has 2 saturated heterocycles. The van der Waals surface area contributed by atoms with Gasteiger partial charge in [-0.15, -0.1) is 0 Å². The van der Waals surface area contributed by atoms with Crippen molar-refractivity contribution in [3.8, 4) is 0 Å². The standard InChI is InChI=1S/C19H27BrN2/c20-16-3-1-6-18(15-16)22-13-9-19(10-14-22)7-11-21(12-8-19)17-4-2-5-17/h1,3,6,15,17H,2,4-5,7-14H2. The number of benzene rings is 1. The van der Waals surface area contributed by atoms with E-state index in [-0.39, 0.29) is 0 Å². The van der Waals surface area contributed by atoms with E-state index in [1.54, 1.807) is 0 Å². The molecule has 0 unspecified atom stereocenters. The molecule has 0 radical (unpaired) electrons. The Labute approximate surface area is 143 Å². The van der Waals surface area contributed by atoms with Gasteiger partial charge in [-0.1, -0.05) is 28.4 Å². The van der Waals surface area contributed by atoms with E-state index in [0.29, 0.717) is 5.41 Å². The van der Waals surface area contributed by atoms with Gasteiger partial charge in [0.15, 0.2) is 0 Å². The molecule has 1 spiro atoms. The lowest BCUT2D eigenvalue weighted by molar-refractivity contribution is 0.0306. The summed E-state index contributed by atoms with van der Waals surface area (Å²) < 4.78 is 1.19. The van der Waals surface area contributed by atoms with Gasteiger partial charge in [0, 0.05) is 29.3 Å². The van der Waals surface area contributed by atoms with Crippen LogP contribution < -0.4 is 4.90 Å². The van der Waals surface area contributed by atoms with Crippen LogP contribution in [0.1, 0.15) is 44.9 Å². The normalized spacial score (nSPS) is 26.1. The summed E-state index contributed by atoms with van der Waals surface area (Å²) in [6.07, 6.45) is 10.0. The first-order chi connectivity index (χ1) is 10.7. The number of halogens is 1.